The third-order valence-corrected chi connectivity index (χ3v) is 4.60. The first-order valence-corrected chi connectivity index (χ1v) is 7.93. The standard InChI is InChI=1S/C14H15BrN4S/c1-19(6-9-4-13(15)20-8-9)7-14-17-11-3-2-10(16)5-12(11)18-14/h2-5,8H,6-7,16H2,1H3,(H,17,18). The average Bonchev–Trinajstić information content (AvgIpc) is 2.94. The molecule has 3 N–H and O–H groups in total. The van der Waals surface area contributed by atoms with Crippen molar-refractivity contribution >= 4 is 44.0 Å². The lowest BCUT2D eigenvalue weighted by atomic mass is 10.3. The van der Waals surface area contributed by atoms with Crippen LogP contribution in [0.1, 0.15) is 11.4 Å². The van der Waals surface area contributed by atoms with Gasteiger partial charge in [-0.05, 0) is 58.2 Å². The Morgan fingerprint density at radius 2 is 2.20 bits per heavy atom. The maximum atomic E-state index is 5.78. The number of imidazole rings is 1. The van der Waals surface area contributed by atoms with Crippen molar-refractivity contribution in [3.63, 3.8) is 0 Å². The number of benzene rings is 1. The van der Waals surface area contributed by atoms with Crippen molar-refractivity contribution in [2.24, 2.45) is 0 Å². The number of anilines is 1. The first-order chi connectivity index (χ1) is 9.60. The normalized spacial score (nSPS) is 11.6. The van der Waals surface area contributed by atoms with E-state index in [0.717, 1.165) is 35.6 Å². The minimum atomic E-state index is 0.754. The van der Waals surface area contributed by atoms with Crippen LogP contribution in [0.25, 0.3) is 11.0 Å². The molecule has 0 atom stereocenters. The lowest BCUT2D eigenvalue weighted by Gasteiger charge is -2.13. The lowest BCUT2D eigenvalue weighted by Crippen LogP contribution is -2.17. The molecule has 0 bridgehead atoms. The SMILES string of the molecule is CN(Cc1csc(Br)c1)Cc1nc2ccc(N)cc2[nH]1. The van der Waals surface area contributed by atoms with Crippen molar-refractivity contribution in [1.29, 1.82) is 0 Å². The molecule has 104 valence electrons. The van der Waals surface area contributed by atoms with Crippen molar-refractivity contribution in [2.75, 3.05) is 12.8 Å². The molecule has 0 fully saturated rings. The highest BCUT2D eigenvalue weighted by atomic mass is 79.9. The van der Waals surface area contributed by atoms with Crippen LogP contribution >= 0.6 is 27.3 Å². The van der Waals surface area contributed by atoms with Crippen molar-refractivity contribution < 1.29 is 0 Å². The van der Waals surface area contributed by atoms with Gasteiger partial charge in [0.25, 0.3) is 0 Å². The van der Waals surface area contributed by atoms with E-state index in [9.17, 15) is 0 Å². The molecule has 3 rings (SSSR count). The largest absolute Gasteiger partial charge is 0.399 e. The van der Waals surface area contributed by atoms with Gasteiger partial charge in [-0.15, -0.1) is 11.3 Å². The number of hydrogen-bond donors (Lipinski definition) is 2. The minimum Gasteiger partial charge on any atom is -0.399 e. The molecule has 0 saturated heterocycles. The van der Waals surface area contributed by atoms with Crippen molar-refractivity contribution in [3.8, 4) is 0 Å². The number of H-pyrrole nitrogens is 1. The maximum absolute atomic E-state index is 5.78. The zero-order chi connectivity index (χ0) is 14.1. The number of nitrogen functional groups attached to an aromatic ring is 1. The molecule has 6 heteroatoms. The molecule has 0 aliphatic carbocycles. The summed E-state index contributed by atoms with van der Waals surface area (Å²) < 4.78 is 1.17. The van der Waals surface area contributed by atoms with Gasteiger partial charge in [0.15, 0.2) is 0 Å². The molecular weight excluding hydrogens is 336 g/mol. The predicted octanol–water partition coefficient (Wildman–Crippen LogP) is 3.60. The van der Waals surface area contributed by atoms with Gasteiger partial charge in [0.1, 0.15) is 5.82 Å². The Kier molecular flexibility index (Phi) is 3.78. The van der Waals surface area contributed by atoms with Crippen LogP contribution in [0.5, 0.6) is 0 Å². The second-order valence-electron chi connectivity index (χ2n) is 4.89. The van der Waals surface area contributed by atoms with Crippen molar-refractivity contribution in [3.05, 3.63) is 44.8 Å². The lowest BCUT2D eigenvalue weighted by molar-refractivity contribution is 0.312. The fraction of sp³-hybridized carbons (Fsp3) is 0.214. The Bertz CT molecular complexity index is 734. The number of nitrogens with zero attached hydrogens (tertiary/aromatic N) is 2. The zero-order valence-corrected chi connectivity index (χ0v) is 13.5. The van der Waals surface area contributed by atoms with Crippen LogP contribution in [0.3, 0.4) is 0 Å². The molecule has 0 saturated carbocycles. The fourth-order valence-electron chi connectivity index (χ4n) is 2.21. The van der Waals surface area contributed by atoms with E-state index in [0.29, 0.717) is 0 Å². The van der Waals surface area contributed by atoms with Crippen LogP contribution in [0.4, 0.5) is 5.69 Å². The van der Waals surface area contributed by atoms with Gasteiger partial charge in [-0.2, -0.15) is 0 Å². The van der Waals surface area contributed by atoms with Crippen LogP contribution in [0.15, 0.2) is 33.4 Å². The minimum absolute atomic E-state index is 0.754. The summed E-state index contributed by atoms with van der Waals surface area (Å²) in [6.07, 6.45) is 0. The van der Waals surface area contributed by atoms with Gasteiger partial charge in [-0.25, -0.2) is 4.98 Å². The number of aromatic amines is 1. The van der Waals surface area contributed by atoms with Crippen LogP contribution in [0, 0.1) is 0 Å². The molecule has 3 aromatic rings. The Morgan fingerprint density at radius 3 is 2.95 bits per heavy atom. The fourth-order valence-corrected chi connectivity index (χ4v) is 3.41. The first kappa shape index (κ1) is 13.6. The number of rotatable bonds is 4. The van der Waals surface area contributed by atoms with E-state index in [1.54, 1.807) is 11.3 Å². The van der Waals surface area contributed by atoms with E-state index < -0.39 is 0 Å². The number of aromatic nitrogens is 2. The second kappa shape index (κ2) is 5.55. The van der Waals surface area contributed by atoms with E-state index in [4.69, 9.17) is 5.73 Å². The summed E-state index contributed by atoms with van der Waals surface area (Å²) in [5.41, 5.74) is 9.79. The van der Waals surface area contributed by atoms with Crippen molar-refractivity contribution in [1.82, 2.24) is 14.9 Å². The topological polar surface area (TPSA) is 57.9 Å². The van der Waals surface area contributed by atoms with Crippen LogP contribution in [-0.2, 0) is 13.1 Å². The molecule has 2 aromatic heterocycles. The Labute approximate surface area is 129 Å². The van der Waals surface area contributed by atoms with Gasteiger partial charge in [-0.1, -0.05) is 0 Å². The molecule has 0 amide bonds. The summed E-state index contributed by atoms with van der Waals surface area (Å²) in [6, 6.07) is 7.89. The summed E-state index contributed by atoms with van der Waals surface area (Å²) in [4.78, 5) is 10.1. The van der Waals surface area contributed by atoms with E-state index >= 15 is 0 Å². The maximum Gasteiger partial charge on any atom is 0.121 e. The predicted molar refractivity (Wildman–Crippen MR) is 87.7 cm³/mol. The molecule has 0 aliphatic heterocycles. The highest BCUT2D eigenvalue weighted by molar-refractivity contribution is 9.11. The van der Waals surface area contributed by atoms with Crippen molar-refractivity contribution in [2.45, 2.75) is 13.1 Å². The number of halogens is 1. The van der Waals surface area contributed by atoms with Gasteiger partial charge in [0.2, 0.25) is 0 Å². The number of nitrogens with two attached hydrogens (primary N) is 1. The molecule has 1 aromatic carbocycles. The van der Waals surface area contributed by atoms with E-state index in [1.165, 1.54) is 9.35 Å². The van der Waals surface area contributed by atoms with Crippen LogP contribution < -0.4 is 5.73 Å². The smallest absolute Gasteiger partial charge is 0.121 e. The molecule has 20 heavy (non-hydrogen) atoms. The molecular formula is C14H15BrN4S. The van der Waals surface area contributed by atoms with Gasteiger partial charge < -0.3 is 10.7 Å². The first-order valence-electron chi connectivity index (χ1n) is 6.26. The quantitative estimate of drug-likeness (QED) is 0.706. The third kappa shape index (κ3) is 3.03. The zero-order valence-electron chi connectivity index (χ0n) is 11.1. The van der Waals surface area contributed by atoms with E-state index in [1.807, 2.05) is 18.2 Å². The number of hydrogen-bond acceptors (Lipinski definition) is 4. The van der Waals surface area contributed by atoms with Gasteiger partial charge in [0.05, 0.1) is 21.4 Å². The van der Waals surface area contributed by atoms with Gasteiger partial charge in [0, 0.05) is 12.2 Å². The summed E-state index contributed by atoms with van der Waals surface area (Å²) in [7, 11) is 2.09. The Hall–Kier alpha value is -1.37. The molecule has 0 radical (unpaired) electrons. The summed E-state index contributed by atoms with van der Waals surface area (Å²) >= 11 is 5.20. The van der Waals surface area contributed by atoms with E-state index in [2.05, 4.69) is 49.3 Å². The summed E-state index contributed by atoms with van der Waals surface area (Å²) in [5.74, 6) is 0.961. The Morgan fingerprint density at radius 1 is 1.35 bits per heavy atom. The summed E-state index contributed by atoms with van der Waals surface area (Å²) in [6.45, 7) is 1.68. The van der Waals surface area contributed by atoms with Crippen LogP contribution in [0.2, 0.25) is 0 Å². The number of fused-ring (bicyclic) bond motifs is 1. The average molecular weight is 351 g/mol. The molecule has 4 nitrogen and oxygen atoms in total. The summed E-state index contributed by atoms with van der Waals surface area (Å²) in [5, 5.41) is 2.17. The van der Waals surface area contributed by atoms with Crippen LogP contribution in [-0.4, -0.2) is 21.9 Å². The third-order valence-electron chi connectivity index (χ3n) is 3.05. The highest BCUT2D eigenvalue weighted by Gasteiger charge is 2.07. The highest BCUT2D eigenvalue weighted by Crippen LogP contribution is 2.22. The molecule has 2 heterocycles. The molecule has 0 spiro atoms. The Balaban J connectivity index is 1.72. The number of thiophene rings is 1. The number of nitrogens with one attached hydrogen (secondary N) is 1. The molecule has 0 aliphatic rings. The van der Waals surface area contributed by atoms with E-state index in [-0.39, 0.29) is 0 Å². The monoisotopic (exact) mass is 350 g/mol. The molecule has 0 unspecified atom stereocenters. The van der Waals surface area contributed by atoms with Gasteiger partial charge >= 0.3 is 0 Å². The second-order valence-corrected chi connectivity index (χ2v) is 7.18. The van der Waals surface area contributed by atoms with Gasteiger partial charge in [-0.3, -0.25) is 4.90 Å².